The molecule has 1 aliphatic heterocycles. The summed E-state index contributed by atoms with van der Waals surface area (Å²) >= 11 is 0. The second-order valence-electron chi connectivity index (χ2n) is 6.47. The Hall–Kier alpha value is -2.09. The van der Waals surface area contributed by atoms with E-state index in [2.05, 4.69) is 0 Å². The first-order chi connectivity index (χ1) is 11.6. The molecule has 1 heterocycles. The molecular formula is C17H25N3O4S. The van der Waals surface area contributed by atoms with Crippen LogP contribution in [0.2, 0.25) is 0 Å². The van der Waals surface area contributed by atoms with Gasteiger partial charge in [-0.15, -0.1) is 0 Å². The van der Waals surface area contributed by atoms with E-state index < -0.39 is 16.1 Å². The zero-order valence-electron chi connectivity index (χ0n) is 15.1. The molecular weight excluding hydrogens is 342 g/mol. The summed E-state index contributed by atoms with van der Waals surface area (Å²) in [5, 5.41) is 0. The summed E-state index contributed by atoms with van der Waals surface area (Å²) < 4.78 is 25.9. The molecule has 0 radical (unpaired) electrons. The van der Waals surface area contributed by atoms with Crippen LogP contribution in [0.15, 0.2) is 18.2 Å². The summed E-state index contributed by atoms with van der Waals surface area (Å²) in [7, 11) is -3.63. The third-order valence-electron chi connectivity index (χ3n) is 4.59. The van der Waals surface area contributed by atoms with Crippen molar-refractivity contribution >= 4 is 28.0 Å². The second kappa shape index (κ2) is 7.43. The predicted molar refractivity (Wildman–Crippen MR) is 96.9 cm³/mol. The van der Waals surface area contributed by atoms with Gasteiger partial charge >= 0.3 is 0 Å². The highest BCUT2D eigenvalue weighted by atomic mass is 32.2. The fourth-order valence-corrected chi connectivity index (χ4v) is 4.14. The van der Waals surface area contributed by atoms with Crippen molar-refractivity contribution in [2.45, 2.75) is 26.8 Å². The van der Waals surface area contributed by atoms with Crippen molar-refractivity contribution in [3.63, 3.8) is 0 Å². The van der Waals surface area contributed by atoms with Crippen LogP contribution < -0.4 is 4.31 Å². The SMILES string of the molecule is Cc1ccc(N([C@@H](C)C(=O)N2CCN(C=O)CC2)S(C)(=O)=O)cc1C. The van der Waals surface area contributed by atoms with Crippen LogP contribution in [0.3, 0.4) is 0 Å². The van der Waals surface area contributed by atoms with Crippen molar-refractivity contribution in [2.24, 2.45) is 0 Å². The Morgan fingerprint density at radius 2 is 1.76 bits per heavy atom. The molecule has 0 saturated carbocycles. The molecule has 2 rings (SSSR count). The Morgan fingerprint density at radius 1 is 1.16 bits per heavy atom. The third-order valence-corrected chi connectivity index (χ3v) is 5.83. The number of anilines is 1. The van der Waals surface area contributed by atoms with Crippen molar-refractivity contribution < 1.29 is 18.0 Å². The minimum atomic E-state index is -3.63. The molecule has 138 valence electrons. The first-order valence-corrected chi connectivity index (χ1v) is 10.0. The van der Waals surface area contributed by atoms with Gasteiger partial charge in [-0.25, -0.2) is 8.42 Å². The van der Waals surface area contributed by atoms with Gasteiger partial charge in [0.1, 0.15) is 6.04 Å². The number of amides is 2. The van der Waals surface area contributed by atoms with Crippen molar-refractivity contribution in [3.8, 4) is 0 Å². The van der Waals surface area contributed by atoms with Gasteiger partial charge in [0.2, 0.25) is 22.3 Å². The number of sulfonamides is 1. The highest BCUT2D eigenvalue weighted by Crippen LogP contribution is 2.24. The van der Waals surface area contributed by atoms with Crippen molar-refractivity contribution in [1.29, 1.82) is 0 Å². The van der Waals surface area contributed by atoms with Gasteiger partial charge < -0.3 is 9.80 Å². The Balaban J connectivity index is 2.27. The van der Waals surface area contributed by atoms with E-state index in [1.165, 1.54) is 4.31 Å². The minimum Gasteiger partial charge on any atom is -0.342 e. The lowest BCUT2D eigenvalue weighted by Gasteiger charge is -2.37. The number of carbonyl (C=O) groups excluding carboxylic acids is 2. The average Bonchev–Trinajstić information content (AvgIpc) is 2.56. The highest BCUT2D eigenvalue weighted by molar-refractivity contribution is 7.92. The number of hydrogen-bond acceptors (Lipinski definition) is 4. The molecule has 0 bridgehead atoms. The van der Waals surface area contributed by atoms with Crippen molar-refractivity contribution in [2.75, 3.05) is 36.7 Å². The summed E-state index contributed by atoms with van der Waals surface area (Å²) in [6, 6.07) is 4.50. The van der Waals surface area contributed by atoms with Crippen LogP contribution in [0, 0.1) is 13.8 Å². The molecule has 2 amide bonds. The molecule has 1 aromatic carbocycles. The maximum Gasteiger partial charge on any atom is 0.246 e. The Morgan fingerprint density at radius 3 is 2.24 bits per heavy atom. The van der Waals surface area contributed by atoms with E-state index >= 15 is 0 Å². The van der Waals surface area contributed by atoms with Crippen LogP contribution >= 0.6 is 0 Å². The van der Waals surface area contributed by atoms with Gasteiger partial charge in [0.05, 0.1) is 11.9 Å². The van der Waals surface area contributed by atoms with Crippen LogP contribution in [0.4, 0.5) is 5.69 Å². The molecule has 7 nitrogen and oxygen atoms in total. The predicted octanol–water partition coefficient (Wildman–Crippen LogP) is 0.759. The highest BCUT2D eigenvalue weighted by Gasteiger charge is 2.33. The van der Waals surface area contributed by atoms with E-state index in [4.69, 9.17) is 0 Å². The number of nitrogens with zero attached hydrogens (tertiary/aromatic N) is 3. The first kappa shape index (κ1) is 19.2. The maximum absolute atomic E-state index is 12.8. The Labute approximate surface area is 149 Å². The molecule has 0 spiro atoms. The average molecular weight is 367 g/mol. The fraction of sp³-hybridized carbons (Fsp3) is 0.529. The molecule has 25 heavy (non-hydrogen) atoms. The van der Waals surface area contributed by atoms with E-state index in [1.54, 1.807) is 28.9 Å². The van der Waals surface area contributed by atoms with Gasteiger partial charge in [-0.05, 0) is 44.0 Å². The van der Waals surface area contributed by atoms with E-state index in [1.807, 2.05) is 19.9 Å². The minimum absolute atomic E-state index is 0.255. The van der Waals surface area contributed by atoms with Gasteiger partial charge in [-0.2, -0.15) is 0 Å². The van der Waals surface area contributed by atoms with E-state index in [0.29, 0.717) is 31.9 Å². The molecule has 0 aliphatic carbocycles. The monoisotopic (exact) mass is 367 g/mol. The number of hydrogen-bond donors (Lipinski definition) is 0. The van der Waals surface area contributed by atoms with E-state index in [0.717, 1.165) is 23.8 Å². The first-order valence-electron chi connectivity index (χ1n) is 8.20. The largest absolute Gasteiger partial charge is 0.342 e. The number of benzene rings is 1. The van der Waals surface area contributed by atoms with E-state index in [-0.39, 0.29) is 5.91 Å². The number of piperazine rings is 1. The standard InChI is InChI=1S/C17H25N3O4S/c1-13-5-6-16(11-14(13)2)20(25(4,23)24)15(3)17(22)19-9-7-18(12-21)8-10-19/h5-6,11-12,15H,7-10H2,1-4H3/t15-/m0/s1. The van der Waals surface area contributed by atoms with Gasteiger partial charge in [0.25, 0.3) is 0 Å². The van der Waals surface area contributed by atoms with Crippen LogP contribution in [-0.2, 0) is 19.6 Å². The normalized spacial score (nSPS) is 16.5. The zero-order valence-corrected chi connectivity index (χ0v) is 15.9. The Bertz CT molecular complexity index is 755. The Kier molecular flexibility index (Phi) is 5.72. The lowest BCUT2D eigenvalue weighted by Crippen LogP contribution is -2.55. The summed E-state index contributed by atoms with van der Waals surface area (Å²) in [5.41, 5.74) is 2.50. The fourth-order valence-electron chi connectivity index (χ4n) is 2.98. The number of carbonyl (C=O) groups is 2. The number of aryl methyl sites for hydroxylation is 2. The van der Waals surface area contributed by atoms with E-state index in [9.17, 15) is 18.0 Å². The van der Waals surface area contributed by atoms with Crippen molar-refractivity contribution in [1.82, 2.24) is 9.80 Å². The molecule has 1 aliphatic rings. The second-order valence-corrected chi connectivity index (χ2v) is 8.33. The molecule has 0 N–H and O–H groups in total. The molecule has 1 fully saturated rings. The van der Waals surface area contributed by atoms with Crippen LogP contribution in [0.25, 0.3) is 0 Å². The van der Waals surface area contributed by atoms with Gasteiger partial charge in [0, 0.05) is 26.2 Å². The van der Waals surface area contributed by atoms with Crippen molar-refractivity contribution in [3.05, 3.63) is 29.3 Å². The smallest absolute Gasteiger partial charge is 0.246 e. The summed E-state index contributed by atoms with van der Waals surface area (Å²) in [5.74, 6) is -0.255. The lowest BCUT2D eigenvalue weighted by atomic mass is 10.1. The molecule has 8 heteroatoms. The quantitative estimate of drug-likeness (QED) is 0.720. The molecule has 0 aromatic heterocycles. The van der Waals surface area contributed by atoms with Crippen LogP contribution in [-0.4, -0.2) is 69.0 Å². The molecule has 1 saturated heterocycles. The molecule has 1 atom stereocenters. The van der Waals surface area contributed by atoms with Crippen LogP contribution in [0.5, 0.6) is 0 Å². The maximum atomic E-state index is 12.8. The topological polar surface area (TPSA) is 78.0 Å². The summed E-state index contributed by atoms with van der Waals surface area (Å²) in [6.07, 6.45) is 1.87. The molecule has 0 unspecified atom stereocenters. The van der Waals surface area contributed by atoms with Gasteiger partial charge in [0.15, 0.2) is 0 Å². The summed E-state index contributed by atoms with van der Waals surface area (Å²) in [4.78, 5) is 26.8. The zero-order chi connectivity index (χ0) is 18.8. The van der Waals surface area contributed by atoms with Crippen LogP contribution in [0.1, 0.15) is 18.1 Å². The number of rotatable bonds is 5. The summed E-state index contributed by atoms with van der Waals surface area (Å²) in [6.45, 7) is 7.20. The third kappa shape index (κ3) is 4.31. The van der Waals surface area contributed by atoms with Gasteiger partial charge in [-0.3, -0.25) is 13.9 Å². The lowest BCUT2D eigenvalue weighted by molar-refractivity contribution is -0.135. The molecule has 1 aromatic rings. The van der Waals surface area contributed by atoms with Gasteiger partial charge in [-0.1, -0.05) is 6.07 Å².